The van der Waals surface area contributed by atoms with Crippen LogP contribution in [0.1, 0.15) is 37.0 Å². The fourth-order valence-electron chi connectivity index (χ4n) is 4.93. The van der Waals surface area contributed by atoms with E-state index in [9.17, 15) is 13.2 Å². The molecule has 4 rings (SSSR count). The van der Waals surface area contributed by atoms with E-state index in [-0.39, 0.29) is 11.7 Å². The van der Waals surface area contributed by atoms with Crippen molar-refractivity contribution in [3.05, 3.63) is 48.0 Å². The van der Waals surface area contributed by atoms with Crippen LogP contribution in [0.4, 0.5) is 5.69 Å². The van der Waals surface area contributed by atoms with Crippen LogP contribution < -0.4 is 4.72 Å². The smallest absolute Gasteiger partial charge is 0.255 e. The van der Waals surface area contributed by atoms with Crippen LogP contribution in [0.25, 0.3) is 22.4 Å². The Labute approximate surface area is 208 Å². The Morgan fingerprint density at radius 1 is 1.20 bits per heavy atom. The first-order chi connectivity index (χ1) is 16.7. The highest BCUT2D eigenvalue weighted by atomic mass is 32.2. The second-order valence-electron chi connectivity index (χ2n) is 9.34. The number of nitrogens with zero attached hydrogens (tertiary/aromatic N) is 4. The maximum absolute atomic E-state index is 13.8. The predicted octanol–water partition coefficient (Wildman–Crippen LogP) is 3.81. The lowest BCUT2D eigenvalue weighted by molar-refractivity contribution is 0.0734. The molecule has 1 saturated heterocycles. The molecular formula is C26H35N5O3S. The molecule has 1 amide bonds. The van der Waals surface area contributed by atoms with E-state index < -0.39 is 10.0 Å². The van der Waals surface area contributed by atoms with Gasteiger partial charge in [0.2, 0.25) is 10.0 Å². The third-order valence-electron chi connectivity index (χ3n) is 6.81. The first-order valence-electron chi connectivity index (χ1n) is 12.3. The van der Waals surface area contributed by atoms with Gasteiger partial charge in [0.05, 0.1) is 28.0 Å². The lowest BCUT2D eigenvalue weighted by atomic mass is 9.97. The van der Waals surface area contributed by atoms with Gasteiger partial charge in [0.1, 0.15) is 5.82 Å². The molecule has 9 heteroatoms. The highest BCUT2D eigenvalue weighted by molar-refractivity contribution is 7.92. The molecule has 0 spiro atoms. The van der Waals surface area contributed by atoms with Crippen molar-refractivity contribution in [2.24, 2.45) is 13.0 Å². The fourth-order valence-corrected chi connectivity index (χ4v) is 5.56. The van der Waals surface area contributed by atoms with Crippen LogP contribution >= 0.6 is 0 Å². The molecule has 0 unspecified atom stereocenters. The summed E-state index contributed by atoms with van der Waals surface area (Å²) in [6.45, 7) is 7.53. The van der Waals surface area contributed by atoms with E-state index >= 15 is 0 Å². The summed E-state index contributed by atoms with van der Waals surface area (Å²) in [7, 11) is 0.217. The highest BCUT2D eigenvalue weighted by Crippen LogP contribution is 2.30. The van der Waals surface area contributed by atoms with Gasteiger partial charge in [-0.2, -0.15) is 0 Å². The molecule has 8 nitrogen and oxygen atoms in total. The first kappa shape index (κ1) is 25.2. The van der Waals surface area contributed by atoms with Crippen LogP contribution in [0.15, 0.2) is 42.5 Å². The minimum Gasteiger partial charge on any atom is -0.341 e. The number of piperidine rings is 1. The molecule has 0 bridgehead atoms. The number of carbonyl (C=O) groups excluding carboxylic acids is 1. The number of amides is 1. The van der Waals surface area contributed by atoms with Gasteiger partial charge >= 0.3 is 0 Å². The number of likely N-dealkylation sites (tertiary alicyclic amines) is 1. The van der Waals surface area contributed by atoms with E-state index in [0.29, 0.717) is 34.7 Å². The average molecular weight is 498 g/mol. The molecule has 2 aromatic carbocycles. The number of aromatic nitrogens is 2. The van der Waals surface area contributed by atoms with Crippen molar-refractivity contribution in [2.75, 3.05) is 43.7 Å². The van der Waals surface area contributed by atoms with Gasteiger partial charge in [-0.1, -0.05) is 37.3 Å². The number of carbonyl (C=O) groups is 1. The lowest BCUT2D eigenvalue weighted by Gasteiger charge is -2.34. The molecule has 0 aliphatic carbocycles. The van der Waals surface area contributed by atoms with Crippen molar-refractivity contribution in [3.8, 4) is 11.4 Å². The van der Waals surface area contributed by atoms with Gasteiger partial charge in [-0.15, -0.1) is 0 Å². The van der Waals surface area contributed by atoms with Gasteiger partial charge in [-0.3, -0.25) is 9.52 Å². The largest absolute Gasteiger partial charge is 0.341 e. The van der Waals surface area contributed by atoms with Gasteiger partial charge in [0, 0.05) is 32.7 Å². The zero-order valence-electron chi connectivity index (χ0n) is 21.0. The van der Waals surface area contributed by atoms with Gasteiger partial charge < -0.3 is 14.4 Å². The number of fused-ring (bicyclic) bond motifs is 1. The SMILES string of the molecule is CCN1CCC[C@@H](CN(C)C(=O)c2cc(NS(=O)(=O)CC)cc3nc(-c4ccccc4)n(C)c23)C1. The molecule has 35 heavy (non-hydrogen) atoms. The molecule has 1 aromatic heterocycles. The van der Waals surface area contributed by atoms with Crippen LogP contribution in [0.5, 0.6) is 0 Å². The Hall–Kier alpha value is -2.91. The normalized spacial score (nSPS) is 17.0. The summed E-state index contributed by atoms with van der Waals surface area (Å²) >= 11 is 0. The van der Waals surface area contributed by atoms with E-state index in [0.717, 1.165) is 43.9 Å². The molecule has 1 fully saturated rings. The molecule has 3 aromatic rings. The molecule has 1 N–H and O–H groups in total. The first-order valence-corrected chi connectivity index (χ1v) is 13.9. The number of aryl methyl sites for hydroxylation is 1. The summed E-state index contributed by atoms with van der Waals surface area (Å²) in [5.74, 6) is 0.949. The maximum atomic E-state index is 13.8. The summed E-state index contributed by atoms with van der Waals surface area (Å²) in [5.41, 5.74) is 2.99. The third kappa shape index (κ3) is 5.51. The van der Waals surface area contributed by atoms with Crippen molar-refractivity contribution in [1.82, 2.24) is 19.4 Å². The lowest BCUT2D eigenvalue weighted by Crippen LogP contribution is -2.41. The summed E-state index contributed by atoms with van der Waals surface area (Å²) < 4.78 is 29.1. The van der Waals surface area contributed by atoms with Crippen LogP contribution in [0.2, 0.25) is 0 Å². The minimum atomic E-state index is -3.51. The Balaban J connectivity index is 1.75. The number of hydrogen-bond acceptors (Lipinski definition) is 5. The maximum Gasteiger partial charge on any atom is 0.255 e. The van der Waals surface area contributed by atoms with Crippen LogP contribution in [0, 0.1) is 5.92 Å². The molecule has 0 saturated carbocycles. The minimum absolute atomic E-state index is 0.0543. The molecule has 0 radical (unpaired) electrons. The van der Waals surface area contributed by atoms with Crippen molar-refractivity contribution in [2.45, 2.75) is 26.7 Å². The number of imidazole rings is 1. The van der Waals surface area contributed by atoms with Gasteiger partial charge in [-0.25, -0.2) is 13.4 Å². The Morgan fingerprint density at radius 3 is 2.63 bits per heavy atom. The predicted molar refractivity (Wildman–Crippen MR) is 141 cm³/mol. The van der Waals surface area contributed by atoms with Gasteiger partial charge in [-0.05, 0) is 50.9 Å². The van der Waals surface area contributed by atoms with Crippen molar-refractivity contribution in [1.29, 1.82) is 0 Å². The van der Waals surface area contributed by atoms with E-state index in [1.54, 1.807) is 24.0 Å². The fraction of sp³-hybridized carbons (Fsp3) is 0.462. The van der Waals surface area contributed by atoms with Crippen LogP contribution in [-0.2, 0) is 17.1 Å². The molecular weight excluding hydrogens is 462 g/mol. The summed E-state index contributed by atoms with van der Waals surface area (Å²) in [4.78, 5) is 22.7. The second-order valence-corrected chi connectivity index (χ2v) is 11.4. The van der Waals surface area contributed by atoms with Gasteiger partial charge in [0.25, 0.3) is 5.91 Å². The molecule has 1 atom stereocenters. The summed E-state index contributed by atoms with van der Waals surface area (Å²) in [5, 5.41) is 0. The summed E-state index contributed by atoms with van der Waals surface area (Å²) in [6, 6.07) is 13.1. The van der Waals surface area contributed by atoms with E-state index in [1.165, 1.54) is 0 Å². The topological polar surface area (TPSA) is 87.5 Å². The number of nitrogens with one attached hydrogen (secondary N) is 1. The van der Waals surface area contributed by atoms with E-state index in [1.807, 2.05) is 49.0 Å². The van der Waals surface area contributed by atoms with E-state index in [4.69, 9.17) is 4.98 Å². The third-order valence-corrected chi connectivity index (χ3v) is 8.12. The highest BCUT2D eigenvalue weighted by Gasteiger charge is 2.26. The monoisotopic (exact) mass is 497 g/mol. The number of benzene rings is 2. The van der Waals surface area contributed by atoms with Crippen molar-refractivity contribution >= 4 is 32.7 Å². The Bertz CT molecular complexity index is 1300. The zero-order valence-corrected chi connectivity index (χ0v) is 21.8. The second kappa shape index (κ2) is 10.4. The molecule has 188 valence electrons. The number of sulfonamides is 1. The number of rotatable bonds is 8. The molecule has 2 heterocycles. The van der Waals surface area contributed by atoms with E-state index in [2.05, 4.69) is 16.5 Å². The summed E-state index contributed by atoms with van der Waals surface area (Å²) in [6.07, 6.45) is 2.24. The zero-order chi connectivity index (χ0) is 25.2. The molecule has 1 aliphatic heterocycles. The Kier molecular flexibility index (Phi) is 7.47. The number of anilines is 1. The quantitative estimate of drug-likeness (QED) is 0.511. The van der Waals surface area contributed by atoms with Crippen LogP contribution in [0.3, 0.4) is 0 Å². The van der Waals surface area contributed by atoms with Crippen molar-refractivity contribution < 1.29 is 13.2 Å². The average Bonchev–Trinajstić information content (AvgIpc) is 3.19. The van der Waals surface area contributed by atoms with Crippen LogP contribution in [-0.4, -0.2) is 72.7 Å². The standard InChI is InChI=1S/C26H35N5O3S/c1-5-31-14-10-11-19(18-31)17-29(3)26(32)22-15-21(28-35(33,34)6-2)16-23-24(22)30(4)25(27-23)20-12-8-7-9-13-20/h7-9,12-13,15-16,19,28H,5-6,10-11,14,17-18H2,1-4H3/t19-/m0/s1. The number of hydrogen-bond donors (Lipinski definition) is 1. The van der Waals surface area contributed by atoms with Crippen molar-refractivity contribution in [3.63, 3.8) is 0 Å². The van der Waals surface area contributed by atoms with Gasteiger partial charge in [0.15, 0.2) is 0 Å². The Morgan fingerprint density at radius 2 is 1.94 bits per heavy atom. The molecule has 1 aliphatic rings.